The highest BCUT2D eigenvalue weighted by Gasteiger charge is 2.28. The summed E-state index contributed by atoms with van der Waals surface area (Å²) in [6.07, 6.45) is -3.28. The van der Waals surface area contributed by atoms with Crippen molar-refractivity contribution in [3.63, 3.8) is 0 Å². The second-order valence-electron chi connectivity index (χ2n) is 8.28. The van der Waals surface area contributed by atoms with Gasteiger partial charge in [-0.3, -0.25) is 0 Å². The summed E-state index contributed by atoms with van der Waals surface area (Å²) in [5, 5.41) is 8.78. The number of carbonyl (C=O) groups excluding carboxylic acids is 1. The van der Waals surface area contributed by atoms with E-state index in [0.717, 1.165) is 39.6 Å². The normalized spacial score (nSPS) is 10.9. The van der Waals surface area contributed by atoms with Crippen LogP contribution in [0.15, 0.2) is 73.1 Å². The minimum Gasteiger partial charge on any atom is -0.542 e. The lowest BCUT2D eigenvalue weighted by Crippen LogP contribution is -2.37. The summed E-state index contributed by atoms with van der Waals surface area (Å²) < 4.78 is 44.8. The Balaban J connectivity index is 0.000000479. The summed E-state index contributed by atoms with van der Waals surface area (Å²) in [5.41, 5.74) is 7.74. The second-order valence-corrected chi connectivity index (χ2v) is 8.28. The van der Waals surface area contributed by atoms with Gasteiger partial charge in [-0.2, -0.15) is 13.2 Å². The molecule has 1 aromatic heterocycles. The summed E-state index contributed by atoms with van der Waals surface area (Å²) in [6.45, 7) is 4.95. The van der Waals surface area contributed by atoms with Gasteiger partial charge in [0.15, 0.2) is 0 Å². The van der Waals surface area contributed by atoms with Gasteiger partial charge < -0.3 is 23.9 Å². The van der Waals surface area contributed by atoms with Gasteiger partial charge in [0.1, 0.15) is 23.2 Å². The van der Waals surface area contributed by atoms with Crippen molar-refractivity contribution in [2.75, 3.05) is 14.2 Å². The van der Waals surface area contributed by atoms with E-state index in [9.17, 15) is 13.2 Å². The number of methoxy groups -OCH3 is 2. The monoisotopic (exact) mass is 511 g/mol. The number of carboxylic acid groups (broad SMARTS) is 1. The van der Waals surface area contributed by atoms with Gasteiger partial charge in [-0.15, -0.1) is 0 Å². The van der Waals surface area contributed by atoms with E-state index < -0.39 is 12.1 Å². The number of para-hydroxylation sites is 1. The molecule has 0 fully saturated rings. The topological polar surface area (TPSA) is 76.4 Å². The zero-order valence-corrected chi connectivity index (χ0v) is 20.8. The van der Waals surface area contributed by atoms with Crippen molar-refractivity contribution >= 4 is 5.97 Å². The molecule has 9 heteroatoms. The maximum absolute atomic E-state index is 10.5. The molecule has 0 aliphatic rings. The number of rotatable bonds is 6. The number of halogens is 3. The number of aromatic nitrogens is 2. The number of benzene rings is 3. The Morgan fingerprint density at radius 2 is 1.59 bits per heavy atom. The van der Waals surface area contributed by atoms with Crippen LogP contribution in [0.4, 0.5) is 13.2 Å². The van der Waals surface area contributed by atoms with E-state index in [-0.39, 0.29) is 0 Å². The van der Waals surface area contributed by atoms with Crippen LogP contribution in [0.1, 0.15) is 16.7 Å². The molecule has 0 aliphatic carbocycles. The molecule has 0 bridgehead atoms. The highest BCUT2D eigenvalue weighted by Crippen LogP contribution is 2.37. The molecular weight excluding hydrogens is 485 g/mol. The molecule has 4 aromatic rings. The molecule has 0 radical (unpaired) electrons. The van der Waals surface area contributed by atoms with Gasteiger partial charge in [0, 0.05) is 17.7 Å². The number of hydrogen-bond acceptors (Lipinski definition) is 5. The van der Waals surface area contributed by atoms with Crippen molar-refractivity contribution in [2.24, 2.45) is 0 Å². The van der Waals surface area contributed by atoms with Gasteiger partial charge in [-0.05, 0) is 55.8 Å². The van der Waals surface area contributed by atoms with E-state index in [1.165, 1.54) is 11.1 Å². The minimum atomic E-state index is -5.19. The Hall–Kier alpha value is -4.27. The Kier molecular flexibility index (Phi) is 8.60. The number of hydrogen-bond donors (Lipinski definition) is 0. The summed E-state index contributed by atoms with van der Waals surface area (Å²) in [7, 11) is 3.39. The average Bonchev–Trinajstić information content (AvgIpc) is 3.26. The lowest BCUT2D eigenvalue weighted by molar-refractivity contribution is -0.344. The molecule has 0 spiro atoms. The molecule has 0 unspecified atom stereocenters. The summed E-state index contributed by atoms with van der Waals surface area (Å²) >= 11 is 0. The van der Waals surface area contributed by atoms with Gasteiger partial charge in [0.2, 0.25) is 0 Å². The van der Waals surface area contributed by atoms with E-state index in [1.807, 2.05) is 36.7 Å². The molecule has 3 aromatic carbocycles. The fourth-order valence-electron chi connectivity index (χ4n) is 3.92. The van der Waals surface area contributed by atoms with Crippen molar-refractivity contribution in [3.05, 3.63) is 89.7 Å². The Bertz CT molecular complexity index is 1360. The average molecular weight is 512 g/mol. The van der Waals surface area contributed by atoms with Crippen LogP contribution in [-0.4, -0.2) is 35.9 Å². The SMILES string of the molecule is COc1cccc(Cn2cnc(-c3ccccc3OC)c2-c2cc(C)cc(C)c2)c1.O=C([O-])C(F)(F)F. The van der Waals surface area contributed by atoms with Crippen LogP contribution >= 0.6 is 0 Å². The molecule has 0 aliphatic heterocycles. The molecule has 0 saturated heterocycles. The number of nitrogens with zero attached hydrogens (tertiary/aromatic N) is 2. The van der Waals surface area contributed by atoms with E-state index in [2.05, 4.69) is 54.8 Å². The number of aliphatic carboxylic acids is 1. The van der Waals surface area contributed by atoms with E-state index in [1.54, 1.807) is 14.2 Å². The first kappa shape index (κ1) is 27.3. The molecule has 0 atom stereocenters. The quantitative estimate of drug-likeness (QED) is 0.356. The molecule has 4 rings (SSSR count). The second kappa shape index (κ2) is 11.6. The van der Waals surface area contributed by atoms with Crippen LogP contribution in [-0.2, 0) is 11.3 Å². The van der Waals surface area contributed by atoms with Gasteiger partial charge in [0.05, 0.1) is 26.2 Å². The van der Waals surface area contributed by atoms with Crippen molar-refractivity contribution in [1.29, 1.82) is 0 Å². The Morgan fingerprint density at radius 3 is 2.19 bits per heavy atom. The third-order valence-corrected chi connectivity index (χ3v) is 5.41. The minimum absolute atomic E-state index is 0.696. The summed E-state index contributed by atoms with van der Waals surface area (Å²) in [4.78, 5) is 13.6. The first-order valence-electron chi connectivity index (χ1n) is 11.2. The standard InChI is InChI=1S/C26H26N2O2.C2HF3O2/c1-18-12-19(2)14-21(13-18)26-25(23-10-5-6-11-24(23)30-4)27-17-28(26)16-20-8-7-9-22(15-20)29-3;3-2(4,5)1(6)7/h5-15,17H,16H2,1-4H3;(H,6,7)/p-1. The number of alkyl halides is 3. The van der Waals surface area contributed by atoms with Gasteiger partial charge >= 0.3 is 6.18 Å². The lowest BCUT2D eigenvalue weighted by Gasteiger charge is -2.14. The highest BCUT2D eigenvalue weighted by atomic mass is 19.4. The largest absolute Gasteiger partial charge is 0.542 e. The Morgan fingerprint density at radius 1 is 0.946 bits per heavy atom. The van der Waals surface area contributed by atoms with Crippen molar-refractivity contribution < 1.29 is 32.5 Å². The summed E-state index contributed by atoms with van der Waals surface area (Å²) in [6, 6.07) is 22.8. The maximum atomic E-state index is 10.5. The first-order valence-corrected chi connectivity index (χ1v) is 11.2. The Labute approximate surface area is 212 Å². The zero-order chi connectivity index (χ0) is 27.2. The number of imidazole rings is 1. The fourth-order valence-corrected chi connectivity index (χ4v) is 3.92. The molecule has 0 saturated carbocycles. The predicted octanol–water partition coefficient (Wildman–Crippen LogP) is 5.20. The van der Waals surface area contributed by atoms with Crippen LogP contribution in [0.5, 0.6) is 11.5 Å². The summed E-state index contributed by atoms with van der Waals surface area (Å²) in [5.74, 6) is -1.34. The van der Waals surface area contributed by atoms with Crippen LogP contribution in [0.2, 0.25) is 0 Å². The molecule has 1 heterocycles. The lowest BCUT2D eigenvalue weighted by atomic mass is 10.00. The number of ether oxygens (including phenoxy) is 2. The fraction of sp³-hybridized carbons (Fsp3) is 0.214. The molecule has 194 valence electrons. The van der Waals surface area contributed by atoms with Crippen molar-refractivity contribution in [1.82, 2.24) is 9.55 Å². The smallest absolute Gasteiger partial charge is 0.430 e. The van der Waals surface area contributed by atoms with E-state index in [4.69, 9.17) is 24.4 Å². The predicted molar refractivity (Wildman–Crippen MR) is 132 cm³/mol. The third-order valence-electron chi connectivity index (χ3n) is 5.41. The van der Waals surface area contributed by atoms with Crippen LogP contribution in [0.3, 0.4) is 0 Å². The zero-order valence-electron chi connectivity index (χ0n) is 20.8. The van der Waals surface area contributed by atoms with Gasteiger partial charge in [-0.25, -0.2) is 4.98 Å². The van der Waals surface area contributed by atoms with Gasteiger partial charge in [0.25, 0.3) is 0 Å². The third kappa shape index (κ3) is 6.91. The highest BCUT2D eigenvalue weighted by molar-refractivity contribution is 5.82. The van der Waals surface area contributed by atoms with Crippen molar-refractivity contribution in [3.8, 4) is 34.0 Å². The van der Waals surface area contributed by atoms with Crippen molar-refractivity contribution in [2.45, 2.75) is 26.6 Å². The van der Waals surface area contributed by atoms with Gasteiger partial charge in [-0.1, -0.05) is 41.5 Å². The van der Waals surface area contributed by atoms with Crippen LogP contribution in [0, 0.1) is 13.8 Å². The van der Waals surface area contributed by atoms with Crippen LogP contribution in [0.25, 0.3) is 22.5 Å². The van der Waals surface area contributed by atoms with E-state index >= 15 is 0 Å². The number of carboxylic acids is 1. The van der Waals surface area contributed by atoms with Crippen LogP contribution < -0.4 is 14.6 Å². The molecule has 37 heavy (non-hydrogen) atoms. The maximum Gasteiger partial charge on any atom is 0.430 e. The molecule has 0 amide bonds. The van der Waals surface area contributed by atoms with E-state index in [0.29, 0.717) is 6.54 Å². The molecular formula is C28H26F3N2O4-. The molecule has 6 nitrogen and oxygen atoms in total. The first-order chi connectivity index (χ1) is 17.5. The number of aryl methyl sites for hydroxylation is 2. The number of carbonyl (C=O) groups is 1. The molecule has 0 N–H and O–H groups in total.